The molecule has 0 aliphatic heterocycles. The van der Waals surface area contributed by atoms with Crippen molar-refractivity contribution in [2.75, 3.05) is 5.32 Å². The Balaban J connectivity index is 1.46. The highest BCUT2D eigenvalue weighted by molar-refractivity contribution is 7.89. The van der Waals surface area contributed by atoms with Crippen molar-refractivity contribution in [2.45, 2.75) is 43.2 Å². The van der Waals surface area contributed by atoms with Gasteiger partial charge in [-0.25, -0.2) is 17.5 Å². The molecule has 1 aliphatic rings. The lowest BCUT2D eigenvalue weighted by Crippen LogP contribution is -2.45. The van der Waals surface area contributed by atoms with E-state index in [1.807, 2.05) is 37.3 Å². The minimum Gasteiger partial charge on any atom is -0.340 e. The van der Waals surface area contributed by atoms with Crippen LogP contribution in [0.15, 0.2) is 83.8 Å². The Labute approximate surface area is 210 Å². The predicted molar refractivity (Wildman–Crippen MR) is 135 cm³/mol. The van der Waals surface area contributed by atoms with Gasteiger partial charge in [0.25, 0.3) is 5.91 Å². The van der Waals surface area contributed by atoms with Gasteiger partial charge in [-0.05, 0) is 79.8 Å². The average molecular weight is 510 g/mol. The van der Waals surface area contributed by atoms with Crippen molar-refractivity contribution in [3.63, 3.8) is 0 Å². The number of nitrogens with one attached hydrogen (secondary N) is 3. The molecule has 0 bridgehead atoms. The molecule has 1 saturated carbocycles. The maximum absolute atomic E-state index is 13.2. The third-order valence-corrected chi connectivity index (χ3v) is 7.69. The number of hydrogen-bond acceptors (Lipinski definition) is 4. The summed E-state index contributed by atoms with van der Waals surface area (Å²) in [6.45, 7) is 1.86. The number of benzene rings is 3. The van der Waals surface area contributed by atoms with Gasteiger partial charge in [-0.15, -0.1) is 0 Å². The van der Waals surface area contributed by atoms with Gasteiger partial charge in [0, 0.05) is 23.7 Å². The minimum absolute atomic E-state index is 0.110. The summed E-state index contributed by atoms with van der Waals surface area (Å²) in [4.78, 5) is 26.0. The number of amides is 2. The molecule has 3 aromatic rings. The SMILES string of the molecule is C[C@@H](NS(=O)(=O)c1ccc(NC(=O)C(Cc2ccccc2)NC(=O)c2ccc(F)cc2)cc1)C1CC1. The number of halogens is 1. The fourth-order valence-electron chi connectivity index (χ4n) is 3.85. The Bertz CT molecular complexity index is 1310. The van der Waals surface area contributed by atoms with E-state index in [1.54, 1.807) is 0 Å². The monoisotopic (exact) mass is 509 g/mol. The van der Waals surface area contributed by atoms with Crippen LogP contribution in [-0.4, -0.2) is 32.3 Å². The van der Waals surface area contributed by atoms with E-state index in [9.17, 15) is 22.4 Å². The largest absolute Gasteiger partial charge is 0.340 e. The molecular weight excluding hydrogens is 481 g/mol. The second-order valence-electron chi connectivity index (χ2n) is 8.98. The molecule has 0 spiro atoms. The van der Waals surface area contributed by atoms with Crippen molar-refractivity contribution in [3.8, 4) is 0 Å². The molecule has 1 unspecified atom stereocenters. The van der Waals surface area contributed by atoms with Crippen LogP contribution in [0.25, 0.3) is 0 Å². The zero-order chi connectivity index (χ0) is 25.7. The highest BCUT2D eigenvalue weighted by atomic mass is 32.2. The summed E-state index contributed by atoms with van der Waals surface area (Å²) in [5.41, 5.74) is 1.46. The lowest BCUT2D eigenvalue weighted by Gasteiger charge is -2.19. The Morgan fingerprint density at radius 2 is 1.58 bits per heavy atom. The van der Waals surface area contributed by atoms with E-state index in [-0.39, 0.29) is 22.9 Å². The fourth-order valence-corrected chi connectivity index (χ4v) is 5.17. The molecule has 36 heavy (non-hydrogen) atoms. The third kappa shape index (κ3) is 6.77. The molecule has 2 amide bonds. The van der Waals surface area contributed by atoms with Crippen molar-refractivity contribution in [2.24, 2.45) is 5.92 Å². The summed E-state index contributed by atoms with van der Waals surface area (Å²) in [6, 6.07) is 19.1. The van der Waals surface area contributed by atoms with Gasteiger partial charge in [0.05, 0.1) is 4.90 Å². The van der Waals surface area contributed by atoms with Gasteiger partial charge >= 0.3 is 0 Å². The van der Waals surface area contributed by atoms with Crippen LogP contribution in [0.5, 0.6) is 0 Å². The van der Waals surface area contributed by atoms with Crippen LogP contribution in [0.4, 0.5) is 10.1 Å². The van der Waals surface area contributed by atoms with E-state index >= 15 is 0 Å². The molecule has 0 aromatic heterocycles. The van der Waals surface area contributed by atoms with Gasteiger partial charge in [0.15, 0.2) is 0 Å². The second kappa shape index (κ2) is 11.0. The zero-order valence-electron chi connectivity index (χ0n) is 19.8. The Morgan fingerprint density at radius 3 is 2.19 bits per heavy atom. The van der Waals surface area contributed by atoms with Crippen molar-refractivity contribution >= 4 is 27.5 Å². The molecule has 3 N–H and O–H groups in total. The van der Waals surface area contributed by atoms with E-state index in [1.165, 1.54) is 48.5 Å². The Kier molecular flexibility index (Phi) is 7.81. The summed E-state index contributed by atoms with van der Waals surface area (Å²) in [7, 11) is -3.66. The first-order valence-electron chi connectivity index (χ1n) is 11.7. The van der Waals surface area contributed by atoms with Crippen molar-refractivity contribution in [3.05, 3.63) is 95.8 Å². The number of sulfonamides is 1. The standard InChI is InChI=1S/C27H28FN3O4S/c1-18(20-7-8-20)31-36(34,35)24-15-13-23(14-16-24)29-27(33)25(17-19-5-3-2-4-6-19)30-26(32)21-9-11-22(28)12-10-21/h2-6,9-16,18,20,25,31H,7-8,17H2,1H3,(H,29,33)(H,30,32)/t18-,25?/m1/s1. The first-order valence-corrected chi connectivity index (χ1v) is 13.2. The molecule has 2 atom stereocenters. The quantitative estimate of drug-likeness (QED) is 0.386. The Morgan fingerprint density at radius 1 is 0.944 bits per heavy atom. The van der Waals surface area contributed by atoms with Crippen LogP contribution in [0, 0.1) is 11.7 Å². The van der Waals surface area contributed by atoms with E-state index in [4.69, 9.17) is 0 Å². The van der Waals surface area contributed by atoms with Gasteiger partial charge in [-0.3, -0.25) is 9.59 Å². The summed E-state index contributed by atoms with van der Waals surface area (Å²) in [5, 5.41) is 5.46. The summed E-state index contributed by atoms with van der Waals surface area (Å²) < 4.78 is 41.2. The van der Waals surface area contributed by atoms with Crippen LogP contribution >= 0.6 is 0 Å². The van der Waals surface area contributed by atoms with Crippen LogP contribution < -0.4 is 15.4 Å². The summed E-state index contributed by atoms with van der Waals surface area (Å²) >= 11 is 0. The lowest BCUT2D eigenvalue weighted by atomic mass is 10.0. The number of hydrogen-bond donors (Lipinski definition) is 3. The van der Waals surface area contributed by atoms with Crippen molar-refractivity contribution < 1.29 is 22.4 Å². The fraction of sp³-hybridized carbons (Fsp3) is 0.259. The number of carbonyl (C=O) groups excluding carboxylic acids is 2. The zero-order valence-corrected chi connectivity index (χ0v) is 20.6. The maximum atomic E-state index is 13.2. The predicted octanol–water partition coefficient (Wildman–Crippen LogP) is 3.88. The topological polar surface area (TPSA) is 104 Å². The highest BCUT2D eigenvalue weighted by Gasteiger charge is 2.31. The Hall–Kier alpha value is -3.56. The molecule has 188 valence electrons. The van der Waals surface area contributed by atoms with E-state index < -0.39 is 33.7 Å². The third-order valence-electron chi connectivity index (χ3n) is 6.11. The van der Waals surface area contributed by atoms with Crippen LogP contribution in [-0.2, 0) is 21.2 Å². The molecule has 7 nitrogen and oxygen atoms in total. The minimum atomic E-state index is -3.66. The van der Waals surface area contributed by atoms with Crippen molar-refractivity contribution in [1.82, 2.24) is 10.0 Å². The first-order chi connectivity index (χ1) is 17.2. The number of anilines is 1. The molecule has 3 aromatic carbocycles. The molecule has 4 rings (SSSR count). The average Bonchev–Trinajstić information content (AvgIpc) is 3.70. The van der Waals surface area contributed by atoms with Gasteiger partial charge < -0.3 is 10.6 Å². The highest BCUT2D eigenvalue weighted by Crippen LogP contribution is 2.33. The molecule has 0 saturated heterocycles. The normalized spacial score (nSPS) is 15.1. The van der Waals surface area contributed by atoms with Crippen LogP contribution in [0.3, 0.4) is 0 Å². The first kappa shape index (κ1) is 25.5. The van der Waals surface area contributed by atoms with Gasteiger partial charge in [0.2, 0.25) is 15.9 Å². The van der Waals surface area contributed by atoms with E-state index in [0.29, 0.717) is 11.6 Å². The van der Waals surface area contributed by atoms with Gasteiger partial charge in [0.1, 0.15) is 11.9 Å². The number of carbonyl (C=O) groups is 2. The molecule has 1 fully saturated rings. The maximum Gasteiger partial charge on any atom is 0.251 e. The molecule has 9 heteroatoms. The van der Waals surface area contributed by atoms with E-state index in [0.717, 1.165) is 18.4 Å². The van der Waals surface area contributed by atoms with Crippen LogP contribution in [0.2, 0.25) is 0 Å². The molecular formula is C27H28FN3O4S. The van der Waals surface area contributed by atoms with Crippen LogP contribution in [0.1, 0.15) is 35.7 Å². The summed E-state index contributed by atoms with van der Waals surface area (Å²) in [6.07, 6.45) is 2.28. The molecule has 0 heterocycles. The van der Waals surface area contributed by atoms with Gasteiger partial charge in [-0.1, -0.05) is 30.3 Å². The molecule has 1 aliphatic carbocycles. The smallest absolute Gasteiger partial charge is 0.251 e. The van der Waals surface area contributed by atoms with Crippen molar-refractivity contribution in [1.29, 1.82) is 0 Å². The lowest BCUT2D eigenvalue weighted by molar-refractivity contribution is -0.118. The number of rotatable bonds is 10. The van der Waals surface area contributed by atoms with Gasteiger partial charge in [-0.2, -0.15) is 0 Å². The molecule has 0 radical (unpaired) electrons. The summed E-state index contributed by atoms with van der Waals surface area (Å²) in [5.74, 6) is -1.06. The second-order valence-corrected chi connectivity index (χ2v) is 10.7. The van der Waals surface area contributed by atoms with E-state index in [2.05, 4.69) is 15.4 Å².